The van der Waals surface area contributed by atoms with Crippen molar-refractivity contribution in [3.8, 4) is 5.75 Å². The molecule has 13 heavy (non-hydrogen) atoms. The van der Waals surface area contributed by atoms with Crippen molar-refractivity contribution >= 4 is 6.08 Å². The van der Waals surface area contributed by atoms with Gasteiger partial charge in [0.2, 0.25) is 0 Å². The van der Waals surface area contributed by atoms with Crippen molar-refractivity contribution in [2.75, 3.05) is 6.61 Å². The van der Waals surface area contributed by atoms with E-state index >= 15 is 0 Å². The topological polar surface area (TPSA) is 40.5 Å². The molecule has 0 heterocycles. The van der Waals surface area contributed by atoms with Crippen LogP contribution in [0.15, 0.2) is 24.3 Å². The summed E-state index contributed by atoms with van der Waals surface area (Å²) in [5.74, 6) is 0.311. The van der Waals surface area contributed by atoms with E-state index in [4.69, 9.17) is 5.11 Å². The van der Waals surface area contributed by atoms with Crippen molar-refractivity contribution < 1.29 is 10.2 Å². The van der Waals surface area contributed by atoms with Gasteiger partial charge in [-0.25, -0.2) is 0 Å². The molecule has 0 bridgehead atoms. The van der Waals surface area contributed by atoms with E-state index in [-0.39, 0.29) is 6.61 Å². The molecule has 0 radical (unpaired) electrons. The van der Waals surface area contributed by atoms with E-state index in [1.54, 1.807) is 6.07 Å². The average molecular weight is 178 g/mol. The fourth-order valence-electron chi connectivity index (χ4n) is 1.02. The highest BCUT2D eigenvalue weighted by molar-refractivity contribution is 5.53. The predicted octanol–water partition coefficient (Wildman–Crippen LogP) is 2.10. The van der Waals surface area contributed by atoms with Gasteiger partial charge in [0.1, 0.15) is 5.75 Å². The van der Waals surface area contributed by atoms with Crippen molar-refractivity contribution in [2.24, 2.45) is 0 Å². The quantitative estimate of drug-likeness (QED) is 0.744. The van der Waals surface area contributed by atoms with E-state index in [0.717, 1.165) is 11.1 Å². The van der Waals surface area contributed by atoms with E-state index in [2.05, 4.69) is 0 Å². The molecule has 0 spiro atoms. The number of aromatic hydroxyl groups is 1. The molecule has 0 fully saturated rings. The summed E-state index contributed by atoms with van der Waals surface area (Å²) in [6, 6.07) is 5.51. The minimum absolute atomic E-state index is 0.161. The van der Waals surface area contributed by atoms with Crippen LogP contribution >= 0.6 is 0 Å². The van der Waals surface area contributed by atoms with Crippen LogP contribution in [0.3, 0.4) is 0 Å². The van der Waals surface area contributed by atoms with Crippen LogP contribution in [0.5, 0.6) is 5.75 Å². The van der Waals surface area contributed by atoms with Crippen molar-refractivity contribution in [3.63, 3.8) is 0 Å². The summed E-state index contributed by atoms with van der Waals surface area (Å²) in [7, 11) is 0. The number of rotatable bonds is 3. The largest absolute Gasteiger partial charge is 0.508 e. The first-order chi connectivity index (χ1) is 6.24. The smallest absolute Gasteiger partial charge is 0.119 e. The Kier molecular flexibility index (Phi) is 3.53. The molecule has 0 aliphatic rings. The van der Waals surface area contributed by atoms with Crippen LogP contribution in [0.4, 0.5) is 0 Å². The second kappa shape index (κ2) is 4.67. The molecular weight excluding hydrogens is 164 g/mol. The Morgan fingerprint density at radius 3 is 2.77 bits per heavy atom. The van der Waals surface area contributed by atoms with Gasteiger partial charge in [-0.2, -0.15) is 0 Å². The van der Waals surface area contributed by atoms with Crippen LogP contribution in [-0.4, -0.2) is 16.8 Å². The summed E-state index contributed by atoms with van der Waals surface area (Å²) >= 11 is 0. The Labute approximate surface area is 78.2 Å². The Bertz CT molecular complexity index is 303. The van der Waals surface area contributed by atoms with Crippen molar-refractivity contribution in [2.45, 2.75) is 13.3 Å². The van der Waals surface area contributed by atoms with E-state index in [1.165, 1.54) is 0 Å². The normalized spacial score (nSPS) is 10.9. The van der Waals surface area contributed by atoms with E-state index in [1.807, 2.05) is 31.2 Å². The number of phenolic OH excluding ortho intramolecular Hbond substituents is 1. The van der Waals surface area contributed by atoms with Crippen LogP contribution in [0.1, 0.15) is 17.5 Å². The number of aryl methyl sites for hydroxylation is 1. The number of aliphatic hydroxyl groups excluding tert-OH is 1. The minimum Gasteiger partial charge on any atom is -0.508 e. The molecule has 2 heteroatoms. The Balaban J connectivity index is 2.73. The lowest BCUT2D eigenvalue weighted by Gasteiger charge is -1.99. The minimum atomic E-state index is 0.161. The first-order valence-electron chi connectivity index (χ1n) is 4.31. The molecule has 1 rings (SSSR count). The molecule has 0 atom stereocenters. The number of aliphatic hydroxyl groups is 1. The first kappa shape index (κ1) is 9.81. The molecule has 2 N–H and O–H groups in total. The Morgan fingerprint density at radius 2 is 2.15 bits per heavy atom. The number of benzene rings is 1. The van der Waals surface area contributed by atoms with Gasteiger partial charge in [0.25, 0.3) is 0 Å². The van der Waals surface area contributed by atoms with E-state index in [0.29, 0.717) is 12.2 Å². The fourth-order valence-corrected chi connectivity index (χ4v) is 1.02. The molecule has 70 valence electrons. The highest BCUT2D eigenvalue weighted by Gasteiger charge is 1.94. The van der Waals surface area contributed by atoms with Gasteiger partial charge < -0.3 is 10.2 Å². The maximum atomic E-state index is 9.37. The average Bonchev–Trinajstić information content (AvgIpc) is 2.12. The van der Waals surface area contributed by atoms with Gasteiger partial charge in [-0.05, 0) is 30.5 Å². The Hall–Kier alpha value is -1.28. The van der Waals surface area contributed by atoms with Gasteiger partial charge in [-0.1, -0.05) is 24.3 Å². The summed E-state index contributed by atoms with van der Waals surface area (Å²) in [5, 5.41) is 17.9. The monoisotopic (exact) mass is 178 g/mol. The second-order valence-corrected chi connectivity index (χ2v) is 2.96. The maximum absolute atomic E-state index is 9.37. The van der Waals surface area contributed by atoms with Gasteiger partial charge in [-0.3, -0.25) is 0 Å². The molecule has 0 aliphatic carbocycles. The van der Waals surface area contributed by atoms with Crippen molar-refractivity contribution in [1.82, 2.24) is 0 Å². The van der Waals surface area contributed by atoms with Gasteiger partial charge in [-0.15, -0.1) is 0 Å². The van der Waals surface area contributed by atoms with E-state index in [9.17, 15) is 5.11 Å². The highest BCUT2D eigenvalue weighted by atomic mass is 16.3. The third-order valence-corrected chi connectivity index (χ3v) is 1.84. The second-order valence-electron chi connectivity index (χ2n) is 2.96. The molecule has 0 amide bonds. The predicted molar refractivity (Wildman–Crippen MR) is 53.6 cm³/mol. The lowest BCUT2D eigenvalue weighted by atomic mass is 10.1. The van der Waals surface area contributed by atoms with Crippen LogP contribution in [0.2, 0.25) is 0 Å². The van der Waals surface area contributed by atoms with Gasteiger partial charge in [0, 0.05) is 6.61 Å². The fraction of sp³-hybridized carbons (Fsp3) is 0.273. The molecule has 1 aromatic carbocycles. The summed E-state index contributed by atoms with van der Waals surface area (Å²) in [5.41, 5.74) is 1.83. The van der Waals surface area contributed by atoms with Crippen molar-refractivity contribution in [1.29, 1.82) is 0 Å². The SMILES string of the molecule is Cc1ccc(C=CCCO)cc1O. The molecule has 0 saturated carbocycles. The molecule has 2 nitrogen and oxygen atoms in total. The first-order valence-corrected chi connectivity index (χ1v) is 4.31. The Morgan fingerprint density at radius 1 is 1.38 bits per heavy atom. The third kappa shape index (κ3) is 2.92. The van der Waals surface area contributed by atoms with Crippen LogP contribution in [0.25, 0.3) is 6.08 Å². The number of phenols is 1. The van der Waals surface area contributed by atoms with Gasteiger partial charge in [0.15, 0.2) is 0 Å². The third-order valence-electron chi connectivity index (χ3n) is 1.84. The zero-order valence-electron chi connectivity index (χ0n) is 7.70. The van der Waals surface area contributed by atoms with Crippen molar-refractivity contribution in [3.05, 3.63) is 35.4 Å². The number of hydrogen-bond donors (Lipinski definition) is 2. The molecule has 0 aromatic heterocycles. The molecule has 1 aromatic rings. The summed E-state index contributed by atoms with van der Waals surface area (Å²) in [4.78, 5) is 0. The standard InChI is InChI=1S/C11H14O2/c1-9-5-6-10(8-11(9)13)4-2-3-7-12/h2,4-6,8,12-13H,3,7H2,1H3. The van der Waals surface area contributed by atoms with Gasteiger partial charge >= 0.3 is 0 Å². The highest BCUT2D eigenvalue weighted by Crippen LogP contribution is 2.18. The summed E-state index contributed by atoms with van der Waals surface area (Å²) < 4.78 is 0. The summed E-state index contributed by atoms with van der Waals surface area (Å²) in [6.07, 6.45) is 4.41. The van der Waals surface area contributed by atoms with Gasteiger partial charge in [0.05, 0.1) is 0 Å². The molecule has 0 unspecified atom stereocenters. The molecule has 0 aliphatic heterocycles. The lowest BCUT2D eigenvalue weighted by Crippen LogP contribution is -1.78. The number of hydrogen-bond acceptors (Lipinski definition) is 2. The van der Waals surface area contributed by atoms with Crippen LogP contribution in [0, 0.1) is 6.92 Å². The zero-order chi connectivity index (χ0) is 9.68. The molecular formula is C11H14O2. The maximum Gasteiger partial charge on any atom is 0.119 e. The van der Waals surface area contributed by atoms with Crippen LogP contribution < -0.4 is 0 Å². The molecule has 0 saturated heterocycles. The van der Waals surface area contributed by atoms with E-state index < -0.39 is 0 Å². The summed E-state index contributed by atoms with van der Waals surface area (Å²) in [6.45, 7) is 2.02. The lowest BCUT2D eigenvalue weighted by molar-refractivity contribution is 0.303. The zero-order valence-corrected chi connectivity index (χ0v) is 7.70. The van der Waals surface area contributed by atoms with Crippen LogP contribution in [-0.2, 0) is 0 Å².